The lowest BCUT2D eigenvalue weighted by Gasteiger charge is -2.13. The molecule has 8 nitrogen and oxygen atoms in total. The number of hydrogen-bond donors (Lipinski definition) is 4. The number of ketones is 1. The third-order valence-electron chi connectivity index (χ3n) is 4.76. The van der Waals surface area contributed by atoms with E-state index in [0.29, 0.717) is 38.0 Å². The first kappa shape index (κ1) is 24.4. The summed E-state index contributed by atoms with van der Waals surface area (Å²) in [5.74, 6) is 0.366. The van der Waals surface area contributed by atoms with Crippen LogP contribution in [0.3, 0.4) is 0 Å². The quantitative estimate of drug-likeness (QED) is 0.170. The van der Waals surface area contributed by atoms with Crippen LogP contribution in [0.1, 0.15) is 31.2 Å². The number of amides is 1. The third kappa shape index (κ3) is 8.43. The molecule has 0 fully saturated rings. The third-order valence-corrected chi connectivity index (χ3v) is 4.76. The van der Waals surface area contributed by atoms with E-state index in [2.05, 4.69) is 15.2 Å². The normalized spacial score (nSPS) is 11.5. The lowest BCUT2D eigenvalue weighted by molar-refractivity contribution is -0.120. The Kier molecular flexibility index (Phi) is 10.1. The highest BCUT2D eigenvalue weighted by Gasteiger charge is 2.16. The van der Waals surface area contributed by atoms with E-state index < -0.39 is 13.1 Å². The molecule has 163 valence electrons. The van der Waals surface area contributed by atoms with Gasteiger partial charge in [0.05, 0.1) is 0 Å². The number of fused-ring (bicyclic) bond motifs is 1. The topological polar surface area (TPSA) is 121 Å². The highest BCUT2D eigenvalue weighted by atomic mass is 16.6. The van der Waals surface area contributed by atoms with Crippen LogP contribution in [0.2, 0.25) is 13.1 Å². The monoisotopic (exact) mass is 424 g/mol. The number of hydrogen-bond acceptors (Lipinski definition) is 7. The summed E-state index contributed by atoms with van der Waals surface area (Å²) in [6.07, 6.45) is 1.83. The molecular formula is C21H28B2N3O5. The lowest BCUT2D eigenvalue weighted by atomic mass is 9.88. The minimum Gasteiger partial charge on any atom is -0.556 e. The second-order valence-electron chi connectivity index (χ2n) is 7.22. The van der Waals surface area contributed by atoms with E-state index in [1.165, 1.54) is 7.48 Å². The van der Waals surface area contributed by atoms with Crippen molar-refractivity contribution in [1.82, 2.24) is 10.5 Å². The van der Waals surface area contributed by atoms with Gasteiger partial charge in [-0.1, -0.05) is 31.2 Å². The molecule has 10 heteroatoms. The highest BCUT2D eigenvalue weighted by Crippen LogP contribution is 2.26. The SMILES string of the molecule is CB(O)NCCCC(=O)[C@H](C)c1ccc2cc(OC(=O)NCC[B]OC=N)ccc2c1. The highest BCUT2D eigenvalue weighted by molar-refractivity contribution is 6.45. The number of Topliss-reactive ketones (excluding diaryl/α,β-unsaturated/α-hetero) is 1. The fourth-order valence-corrected chi connectivity index (χ4v) is 3.04. The van der Waals surface area contributed by atoms with Gasteiger partial charge < -0.3 is 25.0 Å². The second-order valence-corrected chi connectivity index (χ2v) is 7.22. The molecule has 1 atom stereocenters. The Morgan fingerprint density at radius 2 is 1.97 bits per heavy atom. The van der Waals surface area contributed by atoms with E-state index in [1.807, 2.05) is 31.2 Å². The van der Waals surface area contributed by atoms with Crippen molar-refractivity contribution in [3.05, 3.63) is 42.0 Å². The predicted octanol–water partition coefficient (Wildman–Crippen LogP) is 2.74. The number of benzene rings is 2. The van der Waals surface area contributed by atoms with E-state index in [9.17, 15) is 14.6 Å². The van der Waals surface area contributed by atoms with Crippen LogP contribution in [0.15, 0.2) is 36.4 Å². The van der Waals surface area contributed by atoms with Crippen molar-refractivity contribution in [3.8, 4) is 5.75 Å². The molecule has 0 aromatic heterocycles. The summed E-state index contributed by atoms with van der Waals surface area (Å²) in [7, 11) is 0.845. The van der Waals surface area contributed by atoms with Crippen molar-refractivity contribution >= 4 is 43.6 Å². The molecule has 4 N–H and O–H groups in total. The summed E-state index contributed by atoms with van der Waals surface area (Å²) in [6.45, 7) is 4.49. The average Bonchev–Trinajstić information content (AvgIpc) is 2.75. The first-order valence-electron chi connectivity index (χ1n) is 10.3. The Hall–Kier alpha value is -2.84. The summed E-state index contributed by atoms with van der Waals surface area (Å²) in [5.41, 5.74) is 0.941. The Balaban J connectivity index is 1.91. The molecule has 31 heavy (non-hydrogen) atoms. The van der Waals surface area contributed by atoms with Gasteiger partial charge >= 0.3 is 20.6 Å². The Labute approximate surface area is 183 Å². The smallest absolute Gasteiger partial charge is 0.412 e. The maximum Gasteiger partial charge on any atom is 0.412 e. The molecule has 0 spiro atoms. The summed E-state index contributed by atoms with van der Waals surface area (Å²) in [6, 6.07) is 11.2. The van der Waals surface area contributed by atoms with Crippen LogP contribution >= 0.6 is 0 Å². The van der Waals surface area contributed by atoms with Crippen molar-refractivity contribution in [3.63, 3.8) is 0 Å². The summed E-state index contributed by atoms with van der Waals surface area (Å²) in [5, 5.41) is 23.3. The van der Waals surface area contributed by atoms with E-state index in [0.717, 1.165) is 22.7 Å². The van der Waals surface area contributed by atoms with Crippen LogP contribution in [-0.2, 0) is 9.45 Å². The zero-order valence-electron chi connectivity index (χ0n) is 17.9. The standard InChI is InChI=1S/C21H28B2N3O5/c1-15(20(27)4-3-10-26-23(2)29)16-5-6-18-13-19(8-7-17(18)12-16)31-21(28)25-11-9-22-30-14-24/h5-8,12-15,24,26,29H,3-4,9-11H2,1-2H3,(H,25,28)/t15-/m1/s1. The molecule has 0 aliphatic rings. The van der Waals surface area contributed by atoms with Crippen molar-refractivity contribution in [1.29, 1.82) is 5.41 Å². The van der Waals surface area contributed by atoms with Gasteiger partial charge in [-0.15, -0.1) is 0 Å². The minimum absolute atomic E-state index is 0.159. The molecular weight excluding hydrogens is 396 g/mol. The molecule has 2 aromatic carbocycles. The van der Waals surface area contributed by atoms with Crippen molar-refractivity contribution in [2.45, 2.75) is 38.8 Å². The predicted molar refractivity (Wildman–Crippen MR) is 123 cm³/mol. The number of carbonyl (C=O) groups is 2. The van der Waals surface area contributed by atoms with Crippen molar-refractivity contribution in [2.75, 3.05) is 13.1 Å². The van der Waals surface area contributed by atoms with Crippen LogP contribution in [0.4, 0.5) is 4.79 Å². The average molecular weight is 424 g/mol. The Morgan fingerprint density at radius 1 is 1.23 bits per heavy atom. The zero-order chi connectivity index (χ0) is 22.6. The van der Waals surface area contributed by atoms with Gasteiger partial charge in [0.15, 0.2) is 0 Å². The number of rotatable bonds is 13. The first-order chi connectivity index (χ1) is 14.9. The molecule has 1 radical (unpaired) electrons. The summed E-state index contributed by atoms with van der Waals surface area (Å²) < 4.78 is 9.94. The van der Waals surface area contributed by atoms with Gasteiger partial charge in [-0.05, 0) is 54.6 Å². The number of ether oxygens (including phenoxy) is 1. The molecule has 2 aromatic rings. The fourth-order valence-electron chi connectivity index (χ4n) is 3.04. The molecule has 0 bridgehead atoms. The maximum atomic E-state index is 12.5. The van der Waals surface area contributed by atoms with E-state index in [4.69, 9.17) is 10.1 Å². The van der Waals surface area contributed by atoms with E-state index in [-0.39, 0.29) is 11.7 Å². The van der Waals surface area contributed by atoms with Crippen LogP contribution in [0.25, 0.3) is 10.8 Å². The summed E-state index contributed by atoms with van der Waals surface area (Å²) in [4.78, 5) is 24.3. The lowest BCUT2D eigenvalue weighted by Crippen LogP contribution is -2.31. The first-order valence-corrected chi connectivity index (χ1v) is 10.3. The van der Waals surface area contributed by atoms with Crippen LogP contribution in [0, 0.1) is 5.41 Å². The van der Waals surface area contributed by atoms with Crippen molar-refractivity contribution < 1.29 is 24.0 Å². The zero-order valence-corrected chi connectivity index (χ0v) is 17.9. The van der Waals surface area contributed by atoms with Gasteiger partial charge in [0.25, 0.3) is 0 Å². The molecule has 0 heterocycles. The van der Waals surface area contributed by atoms with Crippen LogP contribution in [0.5, 0.6) is 5.75 Å². The largest absolute Gasteiger partial charge is 0.556 e. The van der Waals surface area contributed by atoms with Crippen LogP contribution < -0.4 is 15.3 Å². The minimum atomic E-state index is -0.570. The molecule has 0 saturated heterocycles. The fraction of sp³-hybridized carbons (Fsp3) is 0.381. The van der Waals surface area contributed by atoms with Gasteiger partial charge in [0.2, 0.25) is 0 Å². The molecule has 2 rings (SSSR count). The Morgan fingerprint density at radius 3 is 2.71 bits per heavy atom. The van der Waals surface area contributed by atoms with Crippen LogP contribution in [-0.4, -0.2) is 50.9 Å². The molecule has 0 aliphatic carbocycles. The van der Waals surface area contributed by atoms with Gasteiger partial charge in [0, 0.05) is 18.9 Å². The van der Waals surface area contributed by atoms with E-state index >= 15 is 0 Å². The summed E-state index contributed by atoms with van der Waals surface area (Å²) >= 11 is 0. The van der Waals surface area contributed by atoms with E-state index in [1.54, 1.807) is 19.0 Å². The van der Waals surface area contributed by atoms with Gasteiger partial charge in [0.1, 0.15) is 17.9 Å². The van der Waals surface area contributed by atoms with Crippen molar-refractivity contribution in [2.24, 2.45) is 0 Å². The molecule has 0 saturated carbocycles. The number of nitrogens with one attached hydrogen (secondary N) is 3. The van der Waals surface area contributed by atoms with Gasteiger partial charge in [-0.2, -0.15) is 0 Å². The van der Waals surface area contributed by atoms with Gasteiger partial charge in [-0.25, -0.2) is 4.79 Å². The molecule has 0 unspecified atom stereocenters. The Bertz CT molecular complexity index is 894. The molecule has 1 amide bonds. The van der Waals surface area contributed by atoms with Gasteiger partial charge in [-0.3, -0.25) is 10.2 Å². The molecule has 0 aliphatic heterocycles. The maximum absolute atomic E-state index is 12.5. The number of carbonyl (C=O) groups excluding carboxylic acids is 2. The second kappa shape index (κ2) is 12.8.